The zero-order valence-electron chi connectivity index (χ0n) is 21.6. The summed E-state index contributed by atoms with van der Waals surface area (Å²) in [4.78, 5) is 30.1. The lowest BCUT2D eigenvalue weighted by atomic mass is 9.95. The van der Waals surface area contributed by atoms with Crippen molar-refractivity contribution in [3.63, 3.8) is 0 Å². The van der Waals surface area contributed by atoms with Crippen molar-refractivity contribution in [2.24, 2.45) is 0 Å². The van der Waals surface area contributed by atoms with Crippen LogP contribution >= 0.6 is 0 Å². The van der Waals surface area contributed by atoms with Gasteiger partial charge in [0.25, 0.3) is 5.91 Å². The van der Waals surface area contributed by atoms with Crippen molar-refractivity contribution in [1.29, 1.82) is 0 Å². The summed E-state index contributed by atoms with van der Waals surface area (Å²) in [6, 6.07) is 14.1. The van der Waals surface area contributed by atoms with Gasteiger partial charge in [0.1, 0.15) is 0 Å². The molecule has 7 nitrogen and oxygen atoms in total. The van der Waals surface area contributed by atoms with Crippen LogP contribution in [0.2, 0.25) is 0 Å². The van der Waals surface area contributed by atoms with E-state index in [1.165, 1.54) is 6.08 Å². The summed E-state index contributed by atoms with van der Waals surface area (Å²) in [5.41, 5.74) is 1.59. The van der Waals surface area contributed by atoms with E-state index in [-0.39, 0.29) is 5.57 Å². The molecule has 0 bridgehead atoms. The van der Waals surface area contributed by atoms with Crippen molar-refractivity contribution >= 4 is 17.8 Å². The Bertz CT molecular complexity index is 1110. The van der Waals surface area contributed by atoms with Crippen LogP contribution in [-0.4, -0.2) is 67.5 Å². The van der Waals surface area contributed by atoms with Crippen molar-refractivity contribution in [3.8, 4) is 11.5 Å². The molecule has 192 valence electrons. The number of benzene rings is 2. The molecule has 0 saturated heterocycles. The third-order valence-corrected chi connectivity index (χ3v) is 6.06. The molecule has 0 radical (unpaired) electrons. The number of aliphatic hydroxyl groups excluding tert-OH is 1. The van der Waals surface area contributed by atoms with E-state index >= 15 is 0 Å². The molecule has 0 aromatic heterocycles. The lowest BCUT2D eigenvalue weighted by Crippen LogP contribution is -2.33. The van der Waals surface area contributed by atoms with Gasteiger partial charge in [-0.15, -0.1) is 0 Å². The minimum absolute atomic E-state index is 0.0683. The number of ether oxygens (including phenoxy) is 2. The average Bonchev–Trinajstić information content (AvgIpc) is 3.13. The summed E-state index contributed by atoms with van der Waals surface area (Å²) < 4.78 is 11.4. The third kappa shape index (κ3) is 6.55. The third-order valence-electron chi connectivity index (χ3n) is 6.06. The number of allylic oxidation sites excluding steroid dienone is 1. The van der Waals surface area contributed by atoms with Gasteiger partial charge in [-0.2, -0.15) is 0 Å². The highest BCUT2D eigenvalue weighted by Gasteiger charge is 2.42. The summed E-state index contributed by atoms with van der Waals surface area (Å²) in [6.45, 7) is 3.82. The van der Waals surface area contributed by atoms with E-state index in [0.717, 1.165) is 24.9 Å². The topological polar surface area (TPSA) is 79.3 Å². The first-order valence-electron chi connectivity index (χ1n) is 12.3. The first-order chi connectivity index (χ1) is 17.4. The van der Waals surface area contributed by atoms with Gasteiger partial charge in [-0.05, 0) is 62.8 Å². The van der Waals surface area contributed by atoms with Crippen LogP contribution in [0.4, 0.5) is 0 Å². The molecule has 0 spiro atoms. The smallest absolute Gasteiger partial charge is 0.290 e. The van der Waals surface area contributed by atoms with Crippen LogP contribution in [0.15, 0.2) is 65.9 Å². The number of hydrogen-bond acceptors (Lipinski definition) is 6. The number of carbonyl (C=O) groups is 2. The summed E-state index contributed by atoms with van der Waals surface area (Å²) >= 11 is 0. The molecule has 7 heteroatoms. The number of hydrogen-bond donors (Lipinski definition) is 1. The van der Waals surface area contributed by atoms with Gasteiger partial charge in [-0.3, -0.25) is 9.59 Å². The Morgan fingerprint density at radius 2 is 1.86 bits per heavy atom. The monoisotopic (exact) mass is 492 g/mol. The molecule has 1 unspecified atom stereocenters. The Kier molecular flexibility index (Phi) is 9.70. The molecular weight excluding hydrogens is 456 g/mol. The fourth-order valence-corrected chi connectivity index (χ4v) is 4.17. The normalized spacial score (nSPS) is 15.9. The number of unbranched alkanes of at least 4 members (excludes halogenated alkanes) is 1. The van der Waals surface area contributed by atoms with Gasteiger partial charge >= 0.3 is 0 Å². The van der Waals surface area contributed by atoms with Gasteiger partial charge in [0.15, 0.2) is 23.0 Å². The molecule has 1 aliphatic heterocycles. The highest BCUT2D eigenvalue weighted by atomic mass is 16.5. The Labute approximate surface area is 213 Å². The van der Waals surface area contributed by atoms with E-state index in [1.807, 2.05) is 55.4 Å². The van der Waals surface area contributed by atoms with Crippen LogP contribution in [0.1, 0.15) is 43.4 Å². The Morgan fingerprint density at radius 1 is 1.11 bits per heavy atom. The summed E-state index contributed by atoms with van der Waals surface area (Å²) in [5.74, 6) is -0.343. The molecule has 1 heterocycles. The first kappa shape index (κ1) is 27.0. The summed E-state index contributed by atoms with van der Waals surface area (Å²) in [5, 5.41) is 10.8. The van der Waals surface area contributed by atoms with E-state index in [0.29, 0.717) is 36.6 Å². The first-order valence-corrected chi connectivity index (χ1v) is 12.3. The molecule has 0 aliphatic carbocycles. The van der Waals surface area contributed by atoms with E-state index in [9.17, 15) is 14.7 Å². The second-order valence-electron chi connectivity index (χ2n) is 9.04. The Hall–Kier alpha value is -3.58. The molecular formula is C29H36N2O5. The molecule has 1 N–H and O–H groups in total. The van der Waals surface area contributed by atoms with Gasteiger partial charge in [0, 0.05) is 6.54 Å². The molecule has 1 aliphatic rings. The minimum atomic E-state index is -0.730. The maximum Gasteiger partial charge on any atom is 0.290 e. The number of rotatable bonds is 13. The second-order valence-corrected chi connectivity index (χ2v) is 9.04. The van der Waals surface area contributed by atoms with Crippen LogP contribution in [0, 0.1) is 0 Å². The van der Waals surface area contributed by atoms with Crippen molar-refractivity contribution < 1.29 is 24.2 Å². The predicted molar refractivity (Wildman–Crippen MR) is 141 cm³/mol. The number of carbonyl (C=O) groups excluding carboxylic acids is 2. The average molecular weight is 493 g/mol. The fraction of sp³-hybridized carbons (Fsp3) is 0.379. The van der Waals surface area contributed by atoms with Crippen molar-refractivity contribution in [3.05, 3.63) is 77.1 Å². The summed E-state index contributed by atoms with van der Waals surface area (Å²) in [7, 11) is 5.48. The summed E-state index contributed by atoms with van der Waals surface area (Å²) in [6.07, 6.45) is 5.72. The molecule has 1 amide bonds. The van der Waals surface area contributed by atoms with E-state index in [4.69, 9.17) is 9.47 Å². The molecule has 0 saturated carbocycles. The molecule has 3 rings (SSSR count). The Balaban J connectivity index is 1.97. The minimum Gasteiger partial charge on any atom is -0.503 e. The molecule has 0 fully saturated rings. The molecule has 1 atom stereocenters. The molecule has 2 aromatic carbocycles. The van der Waals surface area contributed by atoms with Crippen molar-refractivity contribution in [1.82, 2.24) is 9.80 Å². The number of amides is 1. The van der Waals surface area contributed by atoms with Gasteiger partial charge < -0.3 is 24.4 Å². The predicted octanol–water partition coefficient (Wildman–Crippen LogP) is 4.80. The highest BCUT2D eigenvalue weighted by molar-refractivity contribution is 6.14. The van der Waals surface area contributed by atoms with Crippen LogP contribution in [0.25, 0.3) is 6.08 Å². The number of methoxy groups -OCH3 is 1. The maximum absolute atomic E-state index is 13.3. The zero-order chi connectivity index (χ0) is 26.1. The Morgan fingerprint density at radius 3 is 2.53 bits per heavy atom. The number of nitrogens with zero attached hydrogens (tertiary/aromatic N) is 2. The number of ketones is 1. The van der Waals surface area contributed by atoms with Crippen LogP contribution in [0.3, 0.4) is 0 Å². The molecule has 2 aromatic rings. The van der Waals surface area contributed by atoms with E-state index in [1.54, 1.807) is 30.2 Å². The lowest BCUT2D eigenvalue weighted by molar-refractivity contribution is -0.129. The van der Waals surface area contributed by atoms with Gasteiger partial charge in [-0.25, -0.2) is 0 Å². The largest absolute Gasteiger partial charge is 0.503 e. The van der Waals surface area contributed by atoms with Crippen molar-refractivity contribution in [2.75, 3.05) is 40.9 Å². The standard InChI is InChI=1S/C29H36N2O5/c1-5-6-19-36-24-16-14-22(20-25(24)35-4)27-26(23(32)15-13-21-11-8-7-9-12-21)28(33)29(34)31(27)18-10-17-30(2)3/h7-9,11-16,20,27,33H,5-6,10,17-19H2,1-4H3/b15-13+. The zero-order valence-corrected chi connectivity index (χ0v) is 21.6. The van der Waals surface area contributed by atoms with E-state index in [2.05, 4.69) is 6.92 Å². The fourth-order valence-electron chi connectivity index (χ4n) is 4.17. The molecule has 36 heavy (non-hydrogen) atoms. The van der Waals surface area contributed by atoms with Gasteiger partial charge in [0.05, 0.1) is 25.3 Å². The van der Waals surface area contributed by atoms with Gasteiger partial charge in [0.2, 0.25) is 0 Å². The number of aliphatic hydroxyl groups is 1. The SMILES string of the molecule is CCCCOc1ccc(C2C(C(=O)/C=C/c3ccccc3)=C(O)C(=O)N2CCCN(C)C)cc1OC. The van der Waals surface area contributed by atoms with Crippen molar-refractivity contribution in [2.45, 2.75) is 32.2 Å². The van der Waals surface area contributed by atoms with Crippen LogP contribution in [0.5, 0.6) is 11.5 Å². The second kappa shape index (κ2) is 12.9. The van der Waals surface area contributed by atoms with Crippen LogP contribution in [-0.2, 0) is 9.59 Å². The quantitative estimate of drug-likeness (QED) is 0.320. The van der Waals surface area contributed by atoms with E-state index < -0.39 is 23.5 Å². The van der Waals surface area contributed by atoms with Gasteiger partial charge in [-0.1, -0.05) is 55.8 Å². The highest BCUT2D eigenvalue weighted by Crippen LogP contribution is 2.41. The lowest BCUT2D eigenvalue weighted by Gasteiger charge is -2.27. The van der Waals surface area contributed by atoms with Crippen LogP contribution < -0.4 is 9.47 Å². The maximum atomic E-state index is 13.3.